The third-order valence-corrected chi connectivity index (χ3v) is 6.12. The van der Waals surface area contributed by atoms with E-state index >= 15 is 0 Å². The van der Waals surface area contributed by atoms with Gasteiger partial charge < -0.3 is 10.8 Å². The van der Waals surface area contributed by atoms with E-state index in [0.717, 1.165) is 0 Å². The minimum Gasteiger partial charge on any atom is -0.396 e. The molecule has 0 aliphatic heterocycles. The molecule has 8 heteroatoms. The molecule has 0 spiro atoms. The third-order valence-electron chi connectivity index (χ3n) is 4.27. The zero-order valence-corrected chi connectivity index (χ0v) is 15.9. The Morgan fingerprint density at radius 2 is 1.79 bits per heavy atom. The van der Waals surface area contributed by atoms with Gasteiger partial charge in [-0.2, -0.15) is 0 Å². The van der Waals surface area contributed by atoms with Crippen molar-refractivity contribution in [3.8, 4) is 22.4 Å². The fourth-order valence-corrected chi connectivity index (χ4v) is 4.47. The fraction of sp³-hybridized carbons (Fsp3) is 0.200. The molecule has 3 N–H and O–H groups in total. The molecule has 0 fully saturated rings. The number of halogens is 1. The molecule has 2 aromatic carbocycles. The summed E-state index contributed by atoms with van der Waals surface area (Å²) in [4.78, 5) is 8.12. The molecule has 0 unspecified atom stereocenters. The molecule has 0 bridgehead atoms. The van der Waals surface area contributed by atoms with Gasteiger partial charge in [-0.1, -0.05) is 24.3 Å². The van der Waals surface area contributed by atoms with Gasteiger partial charge in [0.05, 0.1) is 28.7 Å². The van der Waals surface area contributed by atoms with Crippen molar-refractivity contribution in [1.29, 1.82) is 0 Å². The quantitative estimate of drug-likeness (QED) is 0.589. The van der Waals surface area contributed by atoms with Gasteiger partial charge >= 0.3 is 0 Å². The largest absolute Gasteiger partial charge is 0.396 e. The normalized spacial score (nSPS) is 11.5. The summed E-state index contributed by atoms with van der Waals surface area (Å²) in [6, 6.07) is 11.0. The van der Waals surface area contributed by atoms with Crippen LogP contribution in [0.25, 0.3) is 22.4 Å². The lowest BCUT2D eigenvalue weighted by molar-refractivity contribution is 0.287. The highest BCUT2D eigenvalue weighted by Gasteiger charge is 2.20. The maximum Gasteiger partial charge on any atom is 0.178 e. The second-order valence-electron chi connectivity index (χ2n) is 6.27. The highest BCUT2D eigenvalue weighted by Crippen LogP contribution is 2.31. The first-order valence-corrected chi connectivity index (χ1v) is 10.4. The fourth-order valence-electron chi connectivity index (χ4n) is 2.86. The van der Waals surface area contributed by atoms with Crippen molar-refractivity contribution in [2.45, 2.75) is 17.7 Å². The van der Waals surface area contributed by atoms with E-state index in [1.165, 1.54) is 24.5 Å². The van der Waals surface area contributed by atoms with E-state index in [0.29, 0.717) is 29.7 Å². The number of hydrogen-bond acceptors (Lipinski definition) is 6. The molecule has 0 saturated carbocycles. The number of rotatable bonds is 7. The molecule has 0 atom stereocenters. The van der Waals surface area contributed by atoms with Crippen LogP contribution in [0.1, 0.15) is 12.8 Å². The minimum absolute atomic E-state index is 0.0577. The summed E-state index contributed by atoms with van der Waals surface area (Å²) < 4.78 is 40.1. The molecule has 1 aromatic heterocycles. The zero-order chi connectivity index (χ0) is 20.1. The molecule has 6 nitrogen and oxygen atoms in total. The van der Waals surface area contributed by atoms with Crippen molar-refractivity contribution in [3.05, 3.63) is 60.7 Å². The lowest BCUT2D eigenvalue weighted by Gasteiger charge is -2.12. The number of sulfone groups is 1. The SMILES string of the molecule is Nc1cnc(-c2ccc(-c3ccccc3S(=O)(=O)CCCCO)cc2F)cn1. The summed E-state index contributed by atoms with van der Waals surface area (Å²) in [5.41, 5.74) is 6.97. The molecule has 3 aromatic rings. The number of anilines is 1. The van der Waals surface area contributed by atoms with Gasteiger partial charge in [-0.15, -0.1) is 0 Å². The molecule has 3 rings (SSSR count). The maximum absolute atomic E-state index is 14.7. The molecule has 0 aliphatic rings. The third kappa shape index (κ3) is 4.35. The summed E-state index contributed by atoms with van der Waals surface area (Å²) in [7, 11) is -3.56. The first kappa shape index (κ1) is 19.9. The molecule has 0 aliphatic carbocycles. The smallest absolute Gasteiger partial charge is 0.178 e. The topological polar surface area (TPSA) is 106 Å². The standard InChI is InChI=1S/C20H20FN3O3S/c21-17-11-14(7-8-16(17)18-12-24-20(22)13-23-18)15-5-1-2-6-19(15)28(26,27)10-4-3-9-25/h1-2,5-8,11-13,25H,3-4,9-10H2,(H2,22,24). The van der Waals surface area contributed by atoms with Gasteiger partial charge in [0.2, 0.25) is 0 Å². The lowest BCUT2D eigenvalue weighted by Crippen LogP contribution is -2.09. The average molecular weight is 401 g/mol. The minimum atomic E-state index is -3.56. The van der Waals surface area contributed by atoms with E-state index in [1.807, 2.05) is 0 Å². The van der Waals surface area contributed by atoms with Gasteiger partial charge in [0, 0.05) is 17.7 Å². The number of aromatic nitrogens is 2. The van der Waals surface area contributed by atoms with Gasteiger partial charge in [-0.25, -0.2) is 17.8 Å². The van der Waals surface area contributed by atoms with Crippen LogP contribution in [0.2, 0.25) is 0 Å². The van der Waals surface area contributed by atoms with Crippen LogP contribution in [-0.4, -0.2) is 35.9 Å². The van der Waals surface area contributed by atoms with Crippen molar-refractivity contribution in [2.24, 2.45) is 0 Å². The number of benzene rings is 2. The number of nitrogen functional groups attached to an aromatic ring is 1. The molecule has 146 valence electrons. The number of hydrogen-bond donors (Lipinski definition) is 2. The van der Waals surface area contributed by atoms with Crippen molar-refractivity contribution in [3.63, 3.8) is 0 Å². The summed E-state index contributed by atoms with van der Waals surface area (Å²) in [6.07, 6.45) is 3.49. The molecular weight excluding hydrogens is 381 g/mol. The Balaban J connectivity index is 1.99. The van der Waals surface area contributed by atoms with E-state index in [4.69, 9.17) is 10.8 Å². The van der Waals surface area contributed by atoms with Crippen LogP contribution in [0.5, 0.6) is 0 Å². The van der Waals surface area contributed by atoms with Crippen LogP contribution in [0.3, 0.4) is 0 Å². The Hall–Kier alpha value is -2.84. The van der Waals surface area contributed by atoms with Gasteiger partial charge in [0.25, 0.3) is 0 Å². The van der Waals surface area contributed by atoms with Gasteiger partial charge in [-0.05, 0) is 36.6 Å². The summed E-state index contributed by atoms with van der Waals surface area (Å²) in [5.74, 6) is -0.378. The number of nitrogens with two attached hydrogens (primary N) is 1. The molecule has 1 heterocycles. The van der Waals surface area contributed by atoms with E-state index in [2.05, 4.69) is 9.97 Å². The van der Waals surface area contributed by atoms with E-state index in [1.54, 1.807) is 30.3 Å². The average Bonchev–Trinajstić information content (AvgIpc) is 2.69. The highest BCUT2D eigenvalue weighted by molar-refractivity contribution is 7.91. The molecule has 0 amide bonds. The van der Waals surface area contributed by atoms with E-state index in [9.17, 15) is 12.8 Å². The van der Waals surface area contributed by atoms with Gasteiger partial charge in [0.1, 0.15) is 11.6 Å². The van der Waals surface area contributed by atoms with Crippen molar-refractivity contribution >= 4 is 15.7 Å². The second kappa shape index (κ2) is 8.45. The predicted octanol–water partition coefficient (Wildman–Crippen LogP) is 3.08. The Kier molecular flexibility index (Phi) is 6.01. The monoisotopic (exact) mass is 401 g/mol. The van der Waals surface area contributed by atoms with Crippen LogP contribution in [-0.2, 0) is 9.84 Å². The summed E-state index contributed by atoms with van der Waals surface area (Å²) >= 11 is 0. The summed E-state index contributed by atoms with van der Waals surface area (Å²) in [5, 5.41) is 8.88. The van der Waals surface area contributed by atoms with Crippen molar-refractivity contribution in [2.75, 3.05) is 18.1 Å². The van der Waals surface area contributed by atoms with Crippen molar-refractivity contribution in [1.82, 2.24) is 9.97 Å². The van der Waals surface area contributed by atoms with Crippen LogP contribution in [0.4, 0.5) is 10.2 Å². The predicted molar refractivity (Wildman–Crippen MR) is 106 cm³/mol. The Morgan fingerprint density at radius 3 is 2.46 bits per heavy atom. The molecule has 0 radical (unpaired) electrons. The molecule has 28 heavy (non-hydrogen) atoms. The second-order valence-corrected chi connectivity index (χ2v) is 8.34. The first-order chi connectivity index (χ1) is 13.4. The van der Waals surface area contributed by atoms with Crippen LogP contribution >= 0.6 is 0 Å². The van der Waals surface area contributed by atoms with Crippen LogP contribution in [0, 0.1) is 5.82 Å². The highest BCUT2D eigenvalue weighted by atomic mass is 32.2. The van der Waals surface area contributed by atoms with Crippen LogP contribution in [0.15, 0.2) is 59.8 Å². The zero-order valence-electron chi connectivity index (χ0n) is 15.0. The van der Waals surface area contributed by atoms with Crippen molar-refractivity contribution < 1.29 is 17.9 Å². The Morgan fingerprint density at radius 1 is 1.00 bits per heavy atom. The number of aliphatic hydroxyl groups excluding tert-OH is 1. The van der Waals surface area contributed by atoms with Gasteiger partial charge in [0.15, 0.2) is 9.84 Å². The Bertz CT molecular complexity index is 1070. The number of aliphatic hydroxyl groups is 1. The first-order valence-electron chi connectivity index (χ1n) is 8.73. The summed E-state index contributed by atoms with van der Waals surface area (Å²) in [6.45, 7) is -0.0577. The lowest BCUT2D eigenvalue weighted by atomic mass is 10.0. The Labute approximate surface area is 162 Å². The molecular formula is C20H20FN3O3S. The van der Waals surface area contributed by atoms with Crippen LogP contribution < -0.4 is 5.73 Å². The number of unbranched alkanes of at least 4 members (excludes halogenated alkanes) is 1. The van der Waals surface area contributed by atoms with Gasteiger partial charge in [-0.3, -0.25) is 4.98 Å². The molecule has 0 saturated heterocycles. The maximum atomic E-state index is 14.7. The van der Waals surface area contributed by atoms with E-state index in [-0.39, 0.29) is 28.6 Å². The van der Waals surface area contributed by atoms with E-state index < -0.39 is 15.7 Å². The number of nitrogens with zero attached hydrogens (tertiary/aromatic N) is 2.